The molecule has 1 fully saturated rings. The fourth-order valence-electron chi connectivity index (χ4n) is 2.73. The molecule has 0 aliphatic carbocycles. The molecule has 3 heterocycles. The van der Waals surface area contributed by atoms with Crippen LogP contribution in [0.25, 0.3) is 0 Å². The minimum Gasteiger partial charge on any atom is -0.403 e. The maximum Gasteiger partial charge on any atom is 0.105 e. The van der Waals surface area contributed by atoms with Crippen molar-refractivity contribution in [2.24, 2.45) is 11.6 Å². The van der Waals surface area contributed by atoms with E-state index in [4.69, 9.17) is 16.3 Å². The number of nitrogens with one attached hydrogen (secondary N) is 1. The van der Waals surface area contributed by atoms with E-state index in [9.17, 15) is 0 Å². The predicted molar refractivity (Wildman–Crippen MR) is 90.7 cm³/mol. The second-order valence-corrected chi connectivity index (χ2v) is 7.69. The van der Waals surface area contributed by atoms with Crippen LogP contribution >= 0.6 is 27.3 Å². The van der Waals surface area contributed by atoms with Gasteiger partial charge in [-0.3, -0.25) is 0 Å². The summed E-state index contributed by atoms with van der Waals surface area (Å²) in [5.41, 5.74) is 6.46. The lowest BCUT2D eigenvalue weighted by Crippen LogP contribution is -2.43. The van der Waals surface area contributed by atoms with E-state index in [2.05, 4.69) is 27.3 Å². The molecule has 2 aliphatic rings. The molecule has 21 heavy (non-hydrogen) atoms. The monoisotopic (exact) mass is 374 g/mol. The number of nitrogens with two attached hydrogens (primary N) is 2. The number of hydrogen-bond donors (Lipinski definition) is 3. The molecule has 1 aromatic heterocycles. The third kappa shape index (κ3) is 4.20. The van der Waals surface area contributed by atoms with Crippen LogP contribution in [0.15, 0.2) is 22.3 Å². The van der Waals surface area contributed by atoms with Crippen LogP contribution in [0.4, 0.5) is 0 Å². The van der Waals surface area contributed by atoms with E-state index < -0.39 is 0 Å². The molecule has 0 atom stereocenters. The lowest BCUT2D eigenvalue weighted by atomic mass is 9.86. The van der Waals surface area contributed by atoms with Crippen molar-refractivity contribution < 1.29 is 4.74 Å². The Bertz CT molecular complexity index is 483. The highest BCUT2D eigenvalue weighted by Gasteiger charge is 2.40. The van der Waals surface area contributed by atoms with Gasteiger partial charge in [-0.2, -0.15) is 0 Å². The van der Waals surface area contributed by atoms with Crippen LogP contribution in [0.5, 0.6) is 0 Å². The van der Waals surface area contributed by atoms with E-state index in [1.807, 2.05) is 11.3 Å². The Labute approximate surface area is 138 Å². The van der Waals surface area contributed by atoms with Crippen LogP contribution in [0.2, 0.25) is 0 Å². The van der Waals surface area contributed by atoms with Crippen molar-refractivity contribution in [3.05, 3.63) is 32.7 Å². The van der Waals surface area contributed by atoms with E-state index >= 15 is 0 Å². The topological polar surface area (TPSA) is 76.5 Å². The molecule has 5 nitrogen and oxygen atoms in total. The van der Waals surface area contributed by atoms with Gasteiger partial charge in [0.05, 0.1) is 10.4 Å². The first kappa shape index (κ1) is 16.8. The number of hydrazine groups is 1. The summed E-state index contributed by atoms with van der Waals surface area (Å²) in [5.74, 6) is 5.07. The summed E-state index contributed by atoms with van der Waals surface area (Å²) in [6, 6.07) is 2.27. The highest BCUT2D eigenvalue weighted by molar-refractivity contribution is 9.11. The number of hydrogen-bond acceptors (Lipinski definition) is 6. The fourth-order valence-corrected chi connectivity index (χ4v) is 4.63. The van der Waals surface area contributed by atoms with Crippen molar-refractivity contribution in [3.8, 4) is 0 Å². The molecule has 1 aromatic rings. The van der Waals surface area contributed by atoms with Crippen molar-refractivity contribution in [1.82, 2.24) is 10.3 Å². The SMILES string of the molecule is Brc1cc2c(s1)C1(CCNCC1)OCC2.CN(N)/C=C\N. The third-order valence-corrected chi connectivity index (χ3v) is 5.54. The van der Waals surface area contributed by atoms with Gasteiger partial charge in [-0.25, -0.2) is 5.84 Å². The standard InChI is InChI=1S/C11H14BrNOS.C3H9N3/c12-9-7-8-1-6-14-11(10(8)15-9)2-4-13-5-3-11;1-6(5)3-2-4/h7,13H,1-6H2;2-3H,4-5H2,1H3/b;3-2-. The molecular formula is C14H23BrN4OS. The van der Waals surface area contributed by atoms with Gasteiger partial charge >= 0.3 is 0 Å². The van der Waals surface area contributed by atoms with Crippen molar-refractivity contribution >= 4 is 27.3 Å². The number of fused-ring (bicyclic) bond motifs is 2. The second-order valence-electron chi connectivity index (χ2n) is 5.25. The van der Waals surface area contributed by atoms with Crippen LogP contribution in [0.1, 0.15) is 23.3 Å². The number of nitrogens with zero attached hydrogens (tertiary/aromatic N) is 1. The highest BCUT2D eigenvalue weighted by atomic mass is 79.9. The molecule has 0 saturated carbocycles. The van der Waals surface area contributed by atoms with Crippen LogP contribution in [0.3, 0.4) is 0 Å². The maximum atomic E-state index is 6.10. The Morgan fingerprint density at radius 2 is 2.19 bits per heavy atom. The summed E-state index contributed by atoms with van der Waals surface area (Å²) in [4.78, 5) is 1.47. The summed E-state index contributed by atoms with van der Waals surface area (Å²) in [6.45, 7) is 3.04. The predicted octanol–water partition coefficient (Wildman–Crippen LogP) is 1.88. The summed E-state index contributed by atoms with van der Waals surface area (Å²) >= 11 is 5.45. The Morgan fingerprint density at radius 3 is 2.76 bits per heavy atom. The second kappa shape index (κ2) is 7.60. The number of piperidine rings is 1. The van der Waals surface area contributed by atoms with Crippen molar-refractivity contribution in [3.63, 3.8) is 0 Å². The van der Waals surface area contributed by atoms with E-state index in [0.29, 0.717) is 0 Å². The molecule has 0 amide bonds. The third-order valence-electron chi connectivity index (χ3n) is 3.67. The first-order valence-electron chi connectivity index (χ1n) is 7.07. The lowest BCUT2D eigenvalue weighted by molar-refractivity contribution is -0.0771. The highest BCUT2D eigenvalue weighted by Crippen LogP contribution is 2.45. The molecule has 1 saturated heterocycles. The molecular weight excluding hydrogens is 352 g/mol. The summed E-state index contributed by atoms with van der Waals surface area (Å²) < 4.78 is 7.34. The van der Waals surface area contributed by atoms with Gasteiger partial charge in [0.15, 0.2) is 0 Å². The number of ether oxygens (including phenoxy) is 1. The van der Waals surface area contributed by atoms with Crippen molar-refractivity contribution in [2.75, 3.05) is 26.7 Å². The number of thiophene rings is 1. The normalized spacial score (nSPS) is 20.0. The summed E-state index contributed by atoms with van der Waals surface area (Å²) in [5, 5.41) is 4.78. The Morgan fingerprint density at radius 1 is 1.48 bits per heavy atom. The maximum absolute atomic E-state index is 6.10. The van der Waals surface area contributed by atoms with Crippen LogP contribution < -0.4 is 16.9 Å². The van der Waals surface area contributed by atoms with Crippen LogP contribution in [0, 0.1) is 0 Å². The zero-order chi connectivity index (χ0) is 15.3. The molecule has 5 N–H and O–H groups in total. The first-order valence-corrected chi connectivity index (χ1v) is 8.67. The largest absolute Gasteiger partial charge is 0.403 e. The van der Waals surface area contributed by atoms with Crippen molar-refractivity contribution in [2.45, 2.75) is 24.9 Å². The van der Waals surface area contributed by atoms with Gasteiger partial charge in [-0.1, -0.05) is 0 Å². The zero-order valence-corrected chi connectivity index (χ0v) is 14.7. The quantitative estimate of drug-likeness (QED) is 0.516. The Kier molecular flexibility index (Phi) is 6.07. The molecule has 0 bridgehead atoms. The summed E-state index contributed by atoms with van der Waals surface area (Å²) in [7, 11) is 1.70. The molecule has 118 valence electrons. The van der Waals surface area contributed by atoms with Gasteiger partial charge in [-0.05, 0) is 59.9 Å². The number of rotatable bonds is 1. The smallest absolute Gasteiger partial charge is 0.105 e. The van der Waals surface area contributed by atoms with E-state index in [1.54, 1.807) is 13.2 Å². The molecule has 7 heteroatoms. The lowest BCUT2D eigenvalue weighted by Gasteiger charge is -2.40. The zero-order valence-electron chi connectivity index (χ0n) is 12.3. The van der Waals surface area contributed by atoms with Gasteiger partial charge < -0.3 is 20.8 Å². The summed E-state index contributed by atoms with van der Waals surface area (Å²) in [6.07, 6.45) is 6.24. The van der Waals surface area contributed by atoms with Crippen molar-refractivity contribution in [1.29, 1.82) is 0 Å². The van der Waals surface area contributed by atoms with Crippen LogP contribution in [-0.4, -0.2) is 31.8 Å². The van der Waals surface area contributed by atoms with Gasteiger partial charge in [0.2, 0.25) is 0 Å². The van der Waals surface area contributed by atoms with E-state index in [0.717, 1.165) is 39.0 Å². The number of halogens is 1. The molecule has 0 radical (unpaired) electrons. The molecule has 0 unspecified atom stereocenters. The van der Waals surface area contributed by atoms with Gasteiger partial charge in [0.25, 0.3) is 0 Å². The first-order chi connectivity index (χ1) is 10.1. The minimum absolute atomic E-state index is 0.0372. The average molecular weight is 375 g/mol. The Hall–Kier alpha value is -0.600. The molecule has 1 spiro atoms. The molecule has 0 aromatic carbocycles. The minimum atomic E-state index is 0.0372. The van der Waals surface area contributed by atoms with Gasteiger partial charge in [0, 0.05) is 24.3 Å². The average Bonchev–Trinajstić information content (AvgIpc) is 2.83. The fraction of sp³-hybridized carbons (Fsp3) is 0.571. The molecule has 3 rings (SSSR count). The van der Waals surface area contributed by atoms with Crippen LogP contribution in [-0.2, 0) is 16.8 Å². The Balaban J connectivity index is 0.000000232. The van der Waals surface area contributed by atoms with E-state index in [1.165, 1.54) is 25.4 Å². The molecule has 2 aliphatic heterocycles. The van der Waals surface area contributed by atoms with Gasteiger partial charge in [-0.15, -0.1) is 11.3 Å². The van der Waals surface area contributed by atoms with Gasteiger partial charge in [0.1, 0.15) is 5.60 Å². The van der Waals surface area contributed by atoms with E-state index in [-0.39, 0.29) is 5.60 Å².